The Morgan fingerprint density at radius 1 is 1.30 bits per heavy atom. The van der Waals surface area contributed by atoms with Crippen molar-refractivity contribution in [3.05, 3.63) is 46.3 Å². The fourth-order valence-electron chi connectivity index (χ4n) is 2.24. The maximum atomic E-state index is 12.1. The molecule has 0 saturated carbocycles. The van der Waals surface area contributed by atoms with Crippen molar-refractivity contribution in [1.82, 2.24) is 10.1 Å². The predicted molar refractivity (Wildman–Crippen MR) is 88.9 cm³/mol. The Hall–Kier alpha value is -2.01. The van der Waals surface area contributed by atoms with Crippen LogP contribution in [0.3, 0.4) is 0 Å². The third kappa shape index (κ3) is 4.99. The number of rotatable bonds is 7. The smallest absolute Gasteiger partial charge is 0.222 e. The van der Waals surface area contributed by atoms with Crippen molar-refractivity contribution < 1.29 is 14.1 Å². The number of carbonyl (C=O) groups excluding carboxylic acids is 1. The molecule has 23 heavy (non-hydrogen) atoms. The van der Waals surface area contributed by atoms with Crippen molar-refractivity contribution in [2.24, 2.45) is 0 Å². The van der Waals surface area contributed by atoms with Crippen LogP contribution in [0.4, 0.5) is 0 Å². The number of hydrogen-bond donors (Lipinski definition) is 0. The highest BCUT2D eigenvalue weighted by molar-refractivity contribution is 6.30. The number of benzene rings is 1. The molecule has 5 nitrogen and oxygen atoms in total. The zero-order valence-electron chi connectivity index (χ0n) is 13.6. The Labute approximate surface area is 141 Å². The van der Waals surface area contributed by atoms with Gasteiger partial charge in [0.15, 0.2) is 0 Å². The molecule has 0 aliphatic carbocycles. The van der Waals surface area contributed by atoms with E-state index in [0.29, 0.717) is 31.0 Å². The molecule has 0 bridgehead atoms. The second-order valence-electron chi connectivity index (χ2n) is 5.42. The van der Waals surface area contributed by atoms with Crippen LogP contribution in [0.2, 0.25) is 5.02 Å². The maximum Gasteiger partial charge on any atom is 0.222 e. The van der Waals surface area contributed by atoms with Gasteiger partial charge in [-0.2, -0.15) is 0 Å². The van der Waals surface area contributed by atoms with Crippen LogP contribution >= 0.6 is 11.6 Å². The zero-order valence-corrected chi connectivity index (χ0v) is 14.4. The molecule has 0 N–H and O–H groups in total. The quantitative estimate of drug-likeness (QED) is 0.777. The molecule has 0 saturated heterocycles. The third-order valence-electron chi connectivity index (χ3n) is 3.70. The fraction of sp³-hybridized carbons (Fsp3) is 0.412. The van der Waals surface area contributed by atoms with Gasteiger partial charge in [-0.25, -0.2) is 0 Å². The molecule has 0 aliphatic rings. The van der Waals surface area contributed by atoms with Gasteiger partial charge in [-0.15, -0.1) is 0 Å². The second-order valence-corrected chi connectivity index (χ2v) is 5.86. The van der Waals surface area contributed by atoms with Crippen molar-refractivity contribution in [2.45, 2.75) is 26.7 Å². The van der Waals surface area contributed by atoms with Crippen LogP contribution in [0.15, 0.2) is 28.8 Å². The van der Waals surface area contributed by atoms with Gasteiger partial charge in [-0.1, -0.05) is 16.8 Å². The van der Waals surface area contributed by atoms with Crippen molar-refractivity contribution in [3.8, 4) is 5.75 Å². The number of nitrogens with zero attached hydrogens (tertiary/aromatic N) is 2. The number of ether oxygens (including phenoxy) is 1. The van der Waals surface area contributed by atoms with Crippen molar-refractivity contribution in [1.29, 1.82) is 0 Å². The molecule has 1 aromatic heterocycles. The topological polar surface area (TPSA) is 55.6 Å². The molecule has 6 heteroatoms. The summed E-state index contributed by atoms with van der Waals surface area (Å²) < 4.78 is 10.7. The highest BCUT2D eigenvalue weighted by Crippen LogP contribution is 2.16. The Kier molecular flexibility index (Phi) is 6.04. The highest BCUT2D eigenvalue weighted by atomic mass is 35.5. The molecule has 1 heterocycles. The normalized spacial score (nSPS) is 10.6. The van der Waals surface area contributed by atoms with Gasteiger partial charge >= 0.3 is 0 Å². The number of aromatic nitrogens is 1. The molecular formula is C17H21ClN2O3. The van der Waals surface area contributed by atoms with Gasteiger partial charge in [0.2, 0.25) is 5.91 Å². The summed E-state index contributed by atoms with van der Waals surface area (Å²) in [5, 5.41) is 4.57. The highest BCUT2D eigenvalue weighted by Gasteiger charge is 2.13. The third-order valence-corrected chi connectivity index (χ3v) is 3.96. The number of amides is 1. The Morgan fingerprint density at radius 3 is 2.61 bits per heavy atom. The Bertz CT molecular complexity index is 633. The first-order valence-corrected chi connectivity index (χ1v) is 7.89. The van der Waals surface area contributed by atoms with Gasteiger partial charge < -0.3 is 14.2 Å². The van der Waals surface area contributed by atoms with E-state index in [9.17, 15) is 4.79 Å². The summed E-state index contributed by atoms with van der Waals surface area (Å²) in [6, 6.07) is 7.16. The van der Waals surface area contributed by atoms with Crippen LogP contribution in [0.25, 0.3) is 0 Å². The van der Waals surface area contributed by atoms with E-state index >= 15 is 0 Å². The first-order valence-electron chi connectivity index (χ1n) is 7.51. The Morgan fingerprint density at radius 2 is 2.00 bits per heavy atom. The minimum absolute atomic E-state index is 0.0738. The molecule has 2 rings (SSSR count). The maximum absolute atomic E-state index is 12.1. The van der Waals surface area contributed by atoms with Crippen molar-refractivity contribution >= 4 is 17.5 Å². The molecular weight excluding hydrogens is 316 g/mol. The van der Waals surface area contributed by atoms with Gasteiger partial charge in [0.25, 0.3) is 0 Å². The van der Waals surface area contributed by atoms with Crippen molar-refractivity contribution in [3.63, 3.8) is 0 Å². The lowest BCUT2D eigenvalue weighted by molar-refractivity contribution is -0.130. The van der Waals surface area contributed by atoms with E-state index in [0.717, 1.165) is 22.8 Å². The molecule has 0 atom stereocenters. The van der Waals surface area contributed by atoms with E-state index in [1.165, 1.54) is 0 Å². The van der Waals surface area contributed by atoms with E-state index in [1.807, 2.05) is 26.0 Å². The number of likely N-dealkylation sites (N-methyl/N-ethyl adjacent to an activating group) is 1. The van der Waals surface area contributed by atoms with E-state index in [-0.39, 0.29) is 5.91 Å². The average Bonchev–Trinajstić information content (AvgIpc) is 2.85. The first-order chi connectivity index (χ1) is 11.0. The zero-order chi connectivity index (χ0) is 16.8. The molecule has 0 unspecified atom stereocenters. The van der Waals surface area contributed by atoms with Crippen LogP contribution in [0.5, 0.6) is 5.75 Å². The minimum Gasteiger partial charge on any atom is -0.492 e. The number of hydrogen-bond acceptors (Lipinski definition) is 4. The van der Waals surface area contributed by atoms with Gasteiger partial charge in [-0.3, -0.25) is 4.79 Å². The molecule has 0 aliphatic heterocycles. The number of carbonyl (C=O) groups is 1. The molecule has 1 aromatic carbocycles. The standard InChI is InChI=1S/C17H21ClN2O3/c1-12-16(13(2)23-19-12)8-9-17(21)20(3)10-11-22-15-6-4-14(18)5-7-15/h4-7H,8-11H2,1-3H3. The lowest BCUT2D eigenvalue weighted by atomic mass is 10.1. The summed E-state index contributed by atoms with van der Waals surface area (Å²) in [7, 11) is 1.78. The minimum atomic E-state index is 0.0738. The van der Waals surface area contributed by atoms with E-state index < -0.39 is 0 Å². The van der Waals surface area contributed by atoms with Gasteiger partial charge in [-0.05, 0) is 44.5 Å². The molecule has 0 fully saturated rings. The number of halogens is 1. The van der Waals surface area contributed by atoms with Crippen LogP contribution in [-0.2, 0) is 11.2 Å². The molecule has 1 amide bonds. The molecule has 2 aromatic rings. The van der Waals surface area contributed by atoms with Crippen LogP contribution in [0, 0.1) is 13.8 Å². The van der Waals surface area contributed by atoms with E-state index in [1.54, 1.807) is 24.1 Å². The van der Waals surface area contributed by atoms with Gasteiger partial charge in [0.1, 0.15) is 18.1 Å². The van der Waals surface area contributed by atoms with Crippen LogP contribution < -0.4 is 4.74 Å². The molecule has 124 valence electrons. The van der Waals surface area contributed by atoms with Crippen LogP contribution in [0.1, 0.15) is 23.4 Å². The van der Waals surface area contributed by atoms with Crippen LogP contribution in [-0.4, -0.2) is 36.2 Å². The summed E-state index contributed by atoms with van der Waals surface area (Å²) in [5.74, 6) is 1.60. The number of aryl methyl sites for hydroxylation is 2. The summed E-state index contributed by atoms with van der Waals surface area (Å²) in [6.45, 7) is 4.72. The lowest BCUT2D eigenvalue weighted by Crippen LogP contribution is -2.31. The summed E-state index contributed by atoms with van der Waals surface area (Å²) in [5.41, 5.74) is 1.87. The van der Waals surface area contributed by atoms with E-state index in [4.69, 9.17) is 20.9 Å². The lowest BCUT2D eigenvalue weighted by Gasteiger charge is -2.17. The summed E-state index contributed by atoms with van der Waals surface area (Å²) in [6.07, 6.45) is 1.07. The van der Waals surface area contributed by atoms with Gasteiger partial charge in [0.05, 0.1) is 12.2 Å². The average molecular weight is 337 g/mol. The fourth-order valence-corrected chi connectivity index (χ4v) is 2.36. The second kappa shape index (κ2) is 8.02. The SMILES string of the molecule is Cc1noc(C)c1CCC(=O)N(C)CCOc1ccc(Cl)cc1. The summed E-state index contributed by atoms with van der Waals surface area (Å²) >= 11 is 5.82. The van der Waals surface area contributed by atoms with E-state index in [2.05, 4.69) is 5.16 Å². The van der Waals surface area contributed by atoms with Gasteiger partial charge in [0, 0.05) is 24.1 Å². The predicted octanol–water partition coefficient (Wildman–Crippen LogP) is 3.41. The monoisotopic (exact) mass is 336 g/mol. The van der Waals surface area contributed by atoms with Crippen molar-refractivity contribution in [2.75, 3.05) is 20.2 Å². The Balaban J connectivity index is 1.73. The summed E-state index contributed by atoms with van der Waals surface area (Å²) in [4.78, 5) is 13.8. The molecule has 0 radical (unpaired) electrons. The first kappa shape index (κ1) is 17.3. The largest absolute Gasteiger partial charge is 0.492 e. The molecule has 0 spiro atoms.